The smallest absolute Gasteiger partial charge is 0.392 e. The van der Waals surface area contributed by atoms with Crippen molar-refractivity contribution in [1.29, 1.82) is 0 Å². The molecule has 0 bridgehead atoms. The van der Waals surface area contributed by atoms with Gasteiger partial charge in [0, 0.05) is 29.5 Å². The molecule has 2 aliphatic heterocycles. The highest BCUT2D eigenvalue weighted by Crippen LogP contribution is 2.45. The first kappa shape index (κ1) is 19.9. The second-order valence-electron chi connectivity index (χ2n) is 6.68. The van der Waals surface area contributed by atoms with Gasteiger partial charge in [0.25, 0.3) is 10.1 Å². The number of rotatable bonds is 2. The standard InChI is InChI=1S/C14H17BF2N2O6S2/c1-6-11-7(2)13(26(20,21)22)9(4)18(11)15(16,17)19-10(5)14(27(23,24)25)8(3)12(6)19/h1-5H3,(H,20,21,22)(H,23,24,25). The van der Waals surface area contributed by atoms with Crippen molar-refractivity contribution in [1.82, 2.24) is 4.48 Å². The van der Waals surface area contributed by atoms with Crippen LogP contribution in [0, 0.1) is 13.8 Å². The van der Waals surface area contributed by atoms with Crippen LogP contribution in [0.3, 0.4) is 0 Å². The minimum absolute atomic E-state index is 0.0630. The fraction of sp³-hybridized carbons (Fsp3) is 0.357. The van der Waals surface area contributed by atoms with E-state index < -0.39 is 37.0 Å². The lowest BCUT2D eigenvalue weighted by molar-refractivity contribution is -0.363. The van der Waals surface area contributed by atoms with E-state index in [1.54, 1.807) is 0 Å². The van der Waals surface area contributed by atoms with Crippen LogP contribution in [-0.4, -0.2) is 47.6 Å². The van der Waals surface area contributed by atoms with E-state index in [0.29, 0.717) is 8.96 Å². The molecule has 2 N–H and O–H groups in total. The van der Waals surface area contributed by atoms with Crippen LogP contribution in [0.1, 0.15) is 37.7 Å². The zero-order chi connectivity index (χ0) is 20.9. The maximum absolute atomic E-state index is 15.5. The predicted molar refractivity (Wildman–Crippen MR) is 94.9 cm³/mol. The summed E-state index contributed by atoms with van der Waals surface area (Å²) in [6.07, 6.45) is 0. The fourth-order valence-electron chi connectivity index (χ4n) is 4.36. The zero-order valence-corrected chi connectivity index (χ0v) is 16.7. The molecule has 0 aliphatic carbocycles. The lowest BCUT2D eigenvalue weighted by Crippen LogP contribution is -2.51. The van der Waals surface area contributed by atoms with E-state index in [-0.39, 0.29) is 39.5 Å². The molecule has 0 saturated heterocycles. The summed E-state index contributed by atoms with van der Waals surface area (Å²) in [5, 5.41) is 0. The lowest BCUT2D eigenvalue weighted by atomic mass is 9.86. The molecular weight excluding hydrogens is 405 g/mol. The van der Waals surface area contributed by atoms with Crippen molar-refractivity contribution in [2.75, 3.05) is 0 Å². The Balaban J connectivity index is 2.57. The van der Waals surface area contributed by atoms with Gasteiger partial charge in [0.2, 0.25) is 0 Å². The Kier molecular flexibility index (Phi) is 3.96. The summed E-state index contributed by atoms with van der Waals surface area (Å²) < 4.78 is 97.8. The molecule has 1 aromatic heterocycles. The molecule has 1 aromatic rings. The van der Waals surface area contributed by atoms with E-state index in [9.17, 15) is 25.9 Å². The SMILES string of the molecule is CC1=C(S(=O)(=O)O)C(C)=[N+]2C1=C(C)c1c(C)c(S(=O)(=O)O)c(C)n1[B-]2(F)F. The van der Waals surface area contributed by atoms with Crippen molar-refractivity contribution in [3.8, 4) is 0 Å². The summed E-state index contributed by atoms with van der Waals surface area (Å²) in [5.74, 6) is 0. The van der Waals surface area contributed by atoms with E-state index >= 15 is 8.63 Å². The number of nitrogens with zero attached hydrogens (tertiary/aromatic N) is 2. The van der Waals surface area contributed by atoms with Crippen molar-refractivity contribution in [3.63, 3.8) is 0 Å². The summed E-state index contributed by atoms with van der Waals surface area (Å²) in [6.45, 7) is 1.63. The molecule has 0 fully saturated rings. The van der Waals surface area contributed by atoms with Gasteiger partial charge >= 0.3 is 17.1 Å². The second-order valence-corrected chi connectivity index (χ2v) is 9.40. The minimum atomic E-state index is -4.76. The van der Waals surface area contributed by atoms with Gasteiger partial charge in [0.15, 0.2) is 16.3 Å². The van der Waals surface area contributed by atoms with Gasteiger partial charge in [-0.05, 0) is 33.3 Å². The highest BCUT2D eigenvalue weighted by molar-refractivity contribution is 7.91. The first-order valence-corrected chi connectivity index (χ1v) is 10.7. The molecule has 27 heavy (non-hydrogen) atoms. The summed E-state index contributed by atoms with van der Waals surface area (Å²) in [5.41, 5.74) is -0.869. The van der Waals surface area contributed by atoms with E-state index in [2.05, 4.69) is 0 Å². The summed E-state index contributed by atoms with van der Waals surface area (Å²) >= 11 is 0. The Morgan fingerprint density at radius 1 is 0.926 bits per heavy atom. The van der Waals surface area contributed by atoms with Crippen LogP contribution in [0.5, 0.6) is 0 Å². The molecule has 2 aliphatic rings. The molecule has 8 nitrogen and oxygen atoms in total. The third-order valence-corrected chi connectivity index (χ3v) is 7.34. The molecule has 3 rings (SSSR count). The summed E-state index contributed by atoms with van der Waals surface area (Å²) in [6, 6.07) is 0. The Morgan fingerprint density at radius 3 is 1.89 bits per heavy atom. The summed E-state index contributed by atoms with van der Waals surface area (Å²) in [7, 11) is -9.51. The Labute approximate surface area is 155 Å². The molecule has 3 heterocycles. The number of aromatic nitrogens is 1. The van der Waals surface area contributed by atoms with Crippen LogP contribution in [0.25, 0.3) is 5.57 Å². The highest BCUT2D eigenvalue weighted by atomic mass is 32.2. The van der Waals surface area contributed by atoms with Crippen LogP contribution in [0.4, 0.5) is 8.63 Å². The van der Waals surface area contributed by atoms with Gasteiger partial charge in [0.1, 0.15) is 4.90 Å². The maximum Gasteiger partial charge on any atom is 0.737 e. The minimum Gasteiger partial charge on any atom is -0.392 e. The van der Waals surface area contributed by atoms with Crippen LogP contribution in [0.2, 0.25) is 0 Å². The quantitative estimate of drug-likeness (QED) is 0.556. The molecule has 0 unspecified atom stereocenters. The van der Waals surface area contributed by atoms with Gasteiger partial charge in [-0.2, -0.15) is 16.8 Å². The topological polar surface area (TPSA) is 117 Å². The molecule has 0 saturated carbocycles. The Bertz CT molecular complexity index is 1240. The zero-order valence-electron chi connectivity index (χ0n) is 15.1. The van der Waals surface area contributed by atoms with Gasteiger partial charge in [-0.15, -0.1) is 0 Å². The monoisotopic (exact) mass is 422 g/mol. The maximum atomic E-state index is 15.5. The molecule has 148 valence electrons. The first-order valence-electron chi connectivity index (χ1n) is 7.79. The molecule has 0 spiro atoms. The number of hydrogen-bond acceptors (Lipinski definition) is 4. The van der Waals surface area contributed by atoms with Crippen molar-refractivity contribution >= 4 is 38.5 Å². The van der Waals surface area contributed by atoms with Gasteiger partial charge in [-0.25, -0.2) is 0 Å². The Hall–Kier alpha value is -1.83. The average molecular weight is 422 g/mol. The average Bonchev–Trinajstić information content (AvgIpc) is 2.87. The third-order valence-electron chi connectivity index (χ3n) is 5.10. The second kappa shape index (κ2) is 5.37. The lowest BCUT2D eigenvalue weighted by Gasteiger charge is -2.32. The van der Waals surface area contributed by atoms with Crippen molar-refractivity contribution in [3.05, 3.63) is 33.1 Å². The van der Waals surface area contributed by atoms with E-state index in [1.807, 2.05) is 0 Å². The number of halogens is 2. The molecular formula is C14H17BF2N2O6S2. The third kappa shape index (κ3) is 2.41. The molecule has 0 atom stereocenters. The van der Waals surface area contributed by atoms with E-state index in [0.717, 1.165) is 13.8 Å². The van der Waals surface area contributed by atoms with E-state index in [4.69, 9.17) is 0 Å². The van der Waals surface area contributed by atoms with Crippen LogP contribution in [0.15, 0.2) is 21.1 Å². The predicted octanol–water partition coefficient (Wildman–Crippen LogP) is 1.97. The van der Waals surface area contributed by atoms with Gasteiger partial charge < -0.3 is 17.6 Å². The van der Waals surface area contributed by atoms with Gasteiger partial charge in [-0.3, -0.25) is 9.11 Å². The van der Waals surface area contributed by atoms with Crippen molar-refractivity contribution in [2.45, 2.75) is 39.5 Å². The van der Waals surface area contributed by atoms with Crippen LogP contribution >= 0.6 is 0 Å². The Morgan fingerprint density at radius 2 is 1.44 bits per heavy atom. The highest BCUT2D eigenvalue weighted by Gasteiger charge is 2.57. The molecule has 0 aromatic carbocycles. The van der Waals surface area contributed by atoms with Gasteiger partial charge in [0.05, 0.1) is 0 Å². The largest absolute Gasteiger partial charge is 0.737 e. The fourth-order valence-corrected chi connectivity index (χ4v) is 6.27. The summed E-state index contributed by atoms with van der Waals surface area (Å²) in [4.78, 5) is -1.20. The number of fused-ring (bicyclic) bond motifs is 2. The van der Waals surface area contributed by atoms with Gasteiger partial charge in [-0.1, -0.05) is 0 Å². The van der Waals surface area contributed by atoms with Crippen LogP contribution < -0.4 is 0 Å². The van der Waals surface area contributed by atoms with Crippen molar-refractivity contribution < 1.29 is 39.1 Å². The molecule has 0 radical (unpaired) electrons. The number of hydrogen-bond donors (Lipinski definition) is 2. The van der Waals surface area contributed by atoms with Crippen molar-refractivity contribution in [2.24, 2.45) is 0 Å². The van der Waals surface area contributed by atoms with Crippen LogP contribution in [-0.2, 0) is 20.2 Å². The molecule has 0 amide bonds. The molecule has 13 heteroatoms. The normalized spacial score (nSPS) is 19.7. The number of allylic oxidation sites excluding steroid dienone is 3. The van der Waals surface area contributed by atoms with E-state index in [1.165, 1.54) is 20.8 Å². The first-order chi connectivity index (χ1) is 12.0.